The van der Waals surface area contributed by atoms with Crippen LogP contribution in [0.1, 0.15) is 12.8 Å². The fraction of sp³-hybridized carbons (Fsp3) is 0.263. The number of anilines is 1. The average molecular weight is 401 g/mol. The topological polar surface area (TPSA) is 75.2 Å². The van der Waals surface area contributed by atoms with Crippen molar-refractivity contribution in [1.29, 1.82) is 0 Å². The predicted octanol–water partition coefficient (Wildman–Crippen LogP) is 3.15. The number of nitrogens with one attached hydrogen (secondary N) is 1. The summed E-state index contributed by atoms with van der Waals surface area (Å²) in [5, 5.41) is 0.887. The third-order valence-electron chi connectivity index (χ3n) is 4.59. The molecular weight excluding hydrogens is 380 g/mol. The van der Waals surface area contributed by atoms with Crippen molar-refractivity contribution >= 4 is 26.7 Å². The first-order valence-corrected chi connectivity index (χ1v) is 11.1. The molecule has 1 aliphatic heterocycles. The van der Waals surface area contributed by atoms with Crippen LogP contribution in [0.2, 0.25) is 0 Å². The fourth-order valence-electron chi connectivity index (χ4n) is 3.12. The Kier molecular flexibility index (Phi) is 5.20. The van der Waals surface area contributed by atoms with Gasteiger partial charge in [0.25, 0.3) is 0 Å². The quantitative estimate of drug-likeness (QED) is 0.712. The molecule has 27 heavy (non-hydrogen) atoms. The first-order chi connectivity index (χ1) is 13.1. The summed E-state index contributed by atoms with van der Waals surface area (Å²) in [4.78, 5) is 7.13. The number of hydrogen-bond acceptors (Lipinski definition) is 6. The third-order valence-corrected chi connectivity index (χ3v) is 6.90. The number of rotatable bonds is 5. The van der Waals surface area contributed by atoms with Gasteiger partial charge < -0.3 is 4.90 Å². The molecule has 0 bridgehead atoms. The first-order valence-electron chi connectivity index (χ1n) is 8.83. The van der Waals surface area contributed by atoms with Crippen LogP contribution in [0.25, 0.3) is 11.4 Å². The lowest BCUT2D eigenvalue weighted by atomic mass is 10.1. The second-order valence-corrected chi connectivity index (χ2v) is 8.91. The lowest BCUT2D eigenvalue weighted by molar-refractivity contribution is 0.460. The van der Waals surface area contributed by atoms with E-state index in [1.54, 1.807) is 24.3 Å². The van der Waals surface area contributed by atoms with Gasteiger partial charge in [0.1, 0.15) is 0 Å². The summed E-state index contributed by atoms with van der Waals surface area (Å²) in [6, 6.07) is 18.4. The van der Waals surface area contributed by atoms with E-state index in [2.05, 4.69) is 19.0 Å². The summed E-state index contributed by atoms with van der Waals surface area (Å²) in [6.45, 7) is 1.51. The number of benzene rings is 2. The van der Waals surface area contributed by atoms with E-state index < -0.39 is 10.0 Å². The molecule has 1 N–H and O–H groups in total. The molecule has 140 valence electrons. The second-order valence-electron chi connectivity index (χ2n) is 6.46. The van der Waals surface area contributed by atoms with Crippen LogP contribution in [0.5, 0.6) is 0 Å². The van der Waals surface area contributed by atoms with Crippen LogP contribution in [0.3, 0.4) is 0 Å². The SMILES string of the molecule is O=S(=O)(NC1CCN(c2nc(-c3ccccc3)ns2)CC1)c1ccccc1. The summed E-state index contributed by atoms with van der Waals surface area (Å²) >= 11 is 1.39. The van der Waals surface area contributed by atoms with Crippen molar-refractivity contribution in [3.8, 4) is 11.4 Å². The smallest absolute Gasteiger partial charge is 0.240 e. The van der Waals surface area contributed by atoms with Crippen LogP contribution < -0.4 is 9.62 Å². The Morgan fingerprint density at radius 1 is 0.963 bits per heavy atom. The van der Waals surface area contributed by atoms with Crippen molar-refractivity contribution in [3.63, 3.8) is 0 Å². The highest BCUT2D eigenvalue weighted by atomic mass is 32.2. The van der Waals surface area contributed by atoms with Gasteiger partial charge in [0, 0.05) is 36.2 Å². The Bertz CT molecular complexity index is 983. The highest BCUT2D eigenvalue weighted by Crippen LogP contribution is 2.26. The fourth-order valence-corrected chi connectivity index (χ4v) is 5.19. The van der Waals surface area contributed by atoms with Gasteiger partial charge in [-0.2, -0.15) is 9.36 Å². The molecule has 6 nitrogen and oxygen atoms in total. The lowest BCUT2D eigenvalue weighted by Crippen LogP contribution is -2.44. The standard InChI is InChI=1S/C19H20N4O2S2/c24-27(25,17-9-5-2-6-10-17)22-16-11-13-23(14-12-16)19-20-18(21-26-19)15-7-3-1-4-8-15/h1-10,16,22H,11-14H2. The maximum atomic E-state index is 12.5. The zero-order valence-electron chi connectivity index (χ0n) is 14.7. The zero-order valence-corrected chi connectivity index (χ0v) is 16.3. The molecule has 8 heteroatoms. The highest BCUT2D eigenvalue weighted by molar-refractivity contribution is 7.89. The lowest BCUT2D eigenvalue weighted by Gasteiger charge is -2.31. The minimum Gasteiger partial charge on any atom is -0.347 e. The van der Waals surface area contributed by atoms with E-state index in [4.69, 9.17) is 0 Å². The molecule has 4 rings (SSSR count). The molecule has 1 fully saturated rings. The van der Waals surface area contributed by atoms with Gasteiger partial charge >= 0.3 is 0 Å². The van der Waals surface area contributed by atoms with Gasteiger partial charge in [-0.1, -0.05) is 48.5 Å². The van der Waals surface area contributed by atoms with E-state index in [9.17, 15) is 8.42 Å². The normalized spacial score (nSPS) is 15.8. The van der Waals surface area contributed by atoms with E-state index in [1.807, 2.05) is 36.4 Å². The first kappa shape index (κ1) is 18.1. The van der Waals surface area contributed by atoms with Gasteiger partial charge in [0.05, 0.1) is 4.90 Å². The van der Waals surface area contributed by atoms with Crippen LogP contribution in [-0.2, 0) is 10.0 Å². The van der Waals surface area contributed by atoms with Gasteiger partial charge in [0.2, 0.25) is 15.2 Å². The van der Waals surface area contributed by atoms with Crippen molar-refractivity contribution < 1.29 is 8.42 Å². The summed E-state index contributed by atoms with van der Waals surface area (Å²) in [5.41, 5.74) is 1.01. The molecule has 0 aliphatic carbocycles. The van der Waals surface area contributed by atoms with E-state index in [0.29, 0.717) is 4.90 Å². The van der Waals surface area contributed by atoms with Crippen LogP contribution >= 0.6 is 11.5 Å². The second kappa shape index (κ2) is 7.75. The van der Waals surface area contributed by atoms with Crippen LogP contribution in [0.15, 0.2) is 65.6 Å². The number of sulfonamides is 1. The third kappa shape index (κ3) is 4.18. The van der Waals surface area contributed by atoms with Gasteiger partial charge in [-0.15, -0.1) is 0 Å². The Hall–Kier alpha value is -2.29. The zero-order chi connectivity index (χ0) is 18.7. The maximum absolute atomic E-state index is 12.5. The number of aromatic nitrogens is 2. The summed E-state index contributed by atoms with van der Waals surface area (Å²) in [7, 11) is -3.47. The van der Waals surface area contributed by atoms with Crippen molar-refractivity contribution in [2.75, 3.05) is 18.0 Å². The molecule has 0 amide bonds. The van der Waals surface area contributed by atoms with E-state index in [0.717, 1.165) is 42.5 Å². The van der Waals surface area contributed by atoms with Gasteiger partial charge in [-0.05, 0) is 25.0 Å². The van der Waals surface area contributed by atoms with E-state index in [1.165, 1.54) is 11.5 Å². The van der Waals surface area contributed by atoms with Gasteiger partial charge in [-0.25, -0.2) is 13.1 Å². The largest absolute Gasteiger partial charge is 0.347 e. The molecule has 3 aromatic rings. The number of nitrogens with zero attached hydrogens (tertiary/aromatic N) is 3. The molecule has 2 heterocycles. The Morgan fingerprint density at radius 2 is 1.59 bits per heavy atom. The van der Waals surface area contributed by atoms with Crippen LogP contribution in [-0.4, -0.2) is 36.9 Å². The van der Waals surface area contributed by atoms with Crippen molar-refractivity contribution in [1.82, 2.24) is 14.1 Å². The van der Waals surface area contributed by atoms with Gasteiger partial charge in [0.15, 0.2) is 5.82 Å². The maximum Gasteiger partial charge on any atom is 0.240 e. The van der Waals surface area contributed by atoms with Crippen molar-refractivity contribution in [2.45, 2.75) is 23.8 Å². The molecule has 0 saturated carbocycles. The molecule has 2 aromatic carbocycles. The van der Waals surface area contributed by atoms with E-state index >= 15 is 0 Å². The highest BCUT2D eigenvalue weighted by Gasteiger charge is 2.26. The van der Waals surface area contributed by atoms with Crippen molar-refractivity contribution in [2.24, 2.45) is 0 Å². The predicted molar refractivity (Wildman–Crippen MR) is 107 cm³/mol. The Morgan fingerprint density at radius 3 is 2.26 bits per heavy atom. The molecule has 0 unspecified atom stereocenters. The van der Waals surface area contributed by atoms with Gasteiger partial charge in [-0.3, -0.25) is 0 Å². The van der Waals surface area contributed by atoms with Crippen LogP contribution in [0, 0.1) is 0 Å². The minimum absolute atomic E-state index is 0.0621. The minimum atomic E-state index is -3.47. The van der Waals surface area contributed by atoms with E-state index in [-0.39, 0.29) is 6.04 Å². The summed E-state index contributed by atoms with van der Waals surface area (Å²) in [5.74, 6) is 0.738. The van der Waals surface area contributed by atoms with Crippen molar-refractivity contribution in [3.05, 3.63) is 60.7 Å². The molecule has 0 radical (unpaired) electrons. The molecule has 0 spiro atoms. The molecule has 1 saturated heterocycles. The molecule has 0 atom stereocenters. The molecule has 1 aromatic heterocycles. The number of piperidine rings is 1. The summed E-state index contributed by atoms with van der Waals surface area (Å²) < 4.78 is 32.2. The molecular formula is C19H20N4O2S2. The Labute approximate surface area is 163 Å². The molecule has 1 aliphatic rings. The van der Waals surface area contributed by atoms with Crippen LogP contribution in [0.4, 0.5) is 5.13 Å². The summed E-state index contributed by atoms with van der Waals surface area (Å²) in [6.07, 6.45) is 1.48. The Balaban J connectivity index is 1.38. The number of hydrogen-bond donors (Lipinski definition) is 1. The average Bonchev–Trinajstić information content (AvgIpc) is 3.20. The monoisotopic (exact) mass is 400 g/mol.